The number of fused-ring (bicyclic) bond motifs is 1. The minimum Gasteiger partial charge on any atom is -0.497 e. The number of carbonyl (C=O) groups excluding carboxylic acids is 3. The Kier molecular flexibility index (Phi) is 3.87. The van der Waals surface area contributed by atoms with Gasteiger partial charge in [-0.15, -0.1) is 0 Å². The highest BCUT2D eigenvalue weighted by molar-refractivity contribution is 9.10. The summed E-state index contributed by atoms with van der Waals surface area (Å²) in [7, 11) is 1.49. The Morgan fingerprint density at radius 1 is 1.09 bits per heavy atom. The van der Waals surface area contributed by atoms with Crippen LogP contribution >= 0.6 is 15.9 Å². The Morgan fingerprint density at radius 3 is 2.57 bits per heavy atom. The van der Waals surface area contributed by atoms with Gasteiger partial charge in [0.05, 0.1) is 18.2 Å². The van der Waals surface area contributed by atoms with Crippen LogP contribution in [0.4, 0.5) is 0 Å². The van der Waals surface area contributed by atoms with E-state index in [0.29, 0.717) is 10.2 Å². The van der Waals surface area contributed by atoms with Crippen LogP contribution in [0, 0.1) is 0 Å². The Hall–Kier alpha value is -2.67. The van der Waals surface area contributed by atoms with E-state index in [2.05, 4.69) is 21.4 Å². The molecule has 0 saturated carbocycles. The summed E-state index contributed by atoms with van der Waals surface area (Å²) in [4.78, 5) is 36.8. The molecule has 23 heavy (non-hydrogen) atoms. The summed E-state index contributed by atoms with van der Waals surface area (Å²) < 4.78 is 5.73. The van der Waals surface area contributed by atoms with Gasteiger partial charge in [0.1, 0.15) is 5.75 Å². The Bertz CT molecular complexity index is 835. The van der Waals surface area contributed by atoms with Gasteiger partial charge >= 0.3 is 0 Å². The van der Waals surface area contributed by atoms with Crippen LogP contribution in [-0.4, -0.2) is 29.8 Å². The van der Waals surface area contributed by atoms with Gasteiger partial charge in [0.15, 0.2) is 0 Å². The van der Waals surface area contributed by atoms with Gasteiger partial charge in [-0.3, -0.25) is 19.8 Å². The number of methoxy groups -OCH3 is 1. The molecule has 0 aromatic heterocycles. The highest BCUT2D eigenvalue weighted by Gasteiger charge is 2.37. The summed E-state index contributed by atoms with van der Waals surface area (Å²) in [5.74, 6) is -1.20. The number of nitrogens with one attached hydrogen (secondary N) is 1. The SMILES string of the molecule is COc1cccc(C(=O)NN2C(=O)c3ccc(Br)cc3C2=O)c1. The lowest BCUT2D eigenvalue weighted by Crippen LogP contribution is -2.45. The normalized spacial score (nSPS) is 13.0. The molecule has 2 aromatic rings. The molecule has 3 rings (SSSR count). The topological polar surface area (TPSA) is 75.7 Å². The van der Waals surface area contributed by atoms with E-state index in [-0.39, 0.29) is 16.7 Å². The van der Waals surface area contributed by atoms with Crippen LogP contribution in [0.25, 0.3) is 0 Å². The van der Waals surface area contributed by atoms with Crippen LogP contribution in [0.3, 0.4) is 0 Å². The van der Waals surface area contributed by atoms with Gasteiger partial charge < -0.3 is 4.74 Å². The van der Waals surface area contributed by atoms with Crippen molar-refractivity contribution in [1.29, 1.82) is 0 Å². The lowest BCUT2D eigenvalue weighted by Gasteiger charge is -2.15. The lowest BCUT2D eigenvalue weighted by atomic mass is 10.1. The first-order chi connectivity index (χ1) is 11.0. The number of hydrogen-bond donors (Lipinski definition) is 1. The fourth-order valence-corrected chi connectivity index (χ4v) is 2.61. The van der Waals surface area contributed by atoms with Crippen molar-refractivity contribution < 1.29 is 19.1 Å². The molecule has 0 unspecified atom stereocenters. The van der Waals surface area contributed by atoms with E-state index in [1.807, 2.05) is 0 Å². The minimum atomic E-state index is -0.572. The molecule has 2 aromatic carbocycles. The number of carbonyl (C=O) groups is 3. The molecule has 0 aliphatic carbocycles. The fraction of sp³-hybridized carbons (Fsp3) is 0.0625. The van der Waals surface area contributed by atoms with E-state index in [1.54, 1.807) is 30.3 Å². The largest absolute Gasteiger partial charge is 0.497 e. The maximum Gasteiger partial charge on any atom is 0.280 e. The zero-order chi connectivity index (χ0) is 16.6. The van der Waals surface area contributed by atoms with E-state index in [1.165, 1.54) is 19.2 Å². The van der Waals surface area contributed by atoms with E-state index in [0.717, 1.165) is 5.01 Å². The van der Waals surface area contributed by atoms with Crippen LogP contribution in [0.1, 0.15) is 31.1 Å². The Morgan fingerprint density at radius 2 is 1.83 bits per heavy atom. The average molecular weight is 375 g/mol. The minimum absolute atomic E-state index is 0.246. The zero-order valence-electron chi connectivity index (χ0n) is 12.0. The number of nitrogens with zero attached hydrogens (tertiary/aromatic N) is 1. The standard InChI is InChI=1S/C16H11BrN2O4/c1-23-11-4-2-3-9(7-11)14(20)18-19-15(21)12-6-5-10(17)8-13(12)16(19)22/h2-8H,1H3,(H,18,20). The van der Waals surface area contributed by atoms with Gasteiger partial charge in [0.2, 0.25) is 0 Å². The van der Waals surface area contributed by atoms with Crippen LogP contribution in [-0.2, 0) is 0 Å². The molecule has 0 saturated heterocycles. The van der Waals surface area contributed by atoms with Crippen molar-refractivity contribution in [3.63, 3.8) is 0 Å². The molecular formula is C16H11BrN2O4. The first kappa shape index (κ1) is 15.2. The third-order valence-corrected chi connectivity index (χ3v) is 3.89. The third kappa shape index (κ3) is 2.70. The number of imide groups is 1. The predicted octanol–water partition coefficient (Wildman–Crippen LogP) is 2.40. The maximum absolute atomic E-state index is 12.3. The van der Waals surface area contributed by atoms with Gasteiger partial charge in [-0.1, -0.05) is 22.0 Å². The molecule has 1 aliphatic rings. The van der Waals surface area contributed by atoms with Crippen LogP contribution in [0.2, 0.25) is 0 Å². The third-order valence-electron chi connectivity index (χ3n) is 3.39. The second-order valence-electron chi connectivity index (χ2n) is 4.81. The summed E-state index contributed by atoms with van der Waals surface area (Å²) in [5.41, 5.74) is 3.12. The van der Waals surface area contributed by atoms with E-state index in [4.69, 9.17) is 4.74 Å². The highest BCUT2D eigenvalue weighted by atomic mass is 79.9. The number of amides is 3. The van der Waals surface area contributed by atoms with Crippen molar-refractivity contribution in [2.75, 3.05) is 7.11 Å². The highest BCUT2D eigenvalue weighted by Crippen LogP contribution is 2.25. The van der Waals surface area contributed by atoms with Gasteiger partial charge in [0.25, 0.3) is 17.7 Å². The van der Waals surface area contributed by atoms with E-state index in [9.17, 15) is 14.4 Å². The first-order valence-electron chi connectivity index (χ1n) is 6.64. The van der Waals surface area contributed by atoms with Crippen molar-refractivity contribution >= 4 is 33.7 Å². The summed E-state index contributed by atoms with van der Waals surface area (Å²) in [5, 5.41) is 0.721. The molecule has 0 bridgehead atoms. The second-order valence-corrected chi connectivity index (χ2v) is 5.72. The molecule has 0 radical (unpaired) electrons. The first-order valence-corrected chi connectivity index (χ1v) is 7.44. The molecular weight excluding hydrogens is 364 g/mol. The van der Waals surface area contributed by atoms with Crippen molar-refractivity contribution in [1.82, 2.24) is 10.4 Å². The number of rotatable bonds is 3. The number of hydrazine groups is 1. The van der Waals surface area contributed by atoms with Gasteiger partial charge in [-0.25, -0.2) is 0 Å². The fourth-order valence-electron chi connectivity index (χ4n) is 2.24. The van der Waals surface area contributed by atoms with Crippen molar-refractivity contribution in [3.05, 3.63) is 63.6 Å². The Labute approximate surface area is 140 Å². The quantitative estimate of drug-likeness (QED) is 0.836. The van der Waals surface area contributed by atoms with Gasteiger partial charge in [0, 0.05) is 10.0 Å². The molecule has 6 nitrogen and oxygen atoms in total. The molecule has 3 amide bonds. The van der Waals surface area contributed by atoms with Crippen molar-refractivity contribution in [2.24, 2.45) is 0 Å². The molecule has 1 aliphatic heterocycles. The number of halogens is 1. The van der Waals surface area contributed by atoms with E-state index >= 15 is 0 Å². The molecule has 0 fully saturated rings. The number of benzene rings is 2. The van der Waals surface area contributed by atoms with Crippen molar-refractivity contribution in [2.45, 2.75) is 0 Å². The predicted molar refractivity (Wildman–Crippen MR) is 85.1 cm³/mol. The zero-order valence-corrected chi connectivity index (χ0v) is 13.6. The van der Waals surface area contributed by atoms with Crippen LogP contribution < -0.4 is 10.2 Å². The lowest BCUT2D eigenvalue weighted by molar-refractivity contribution is 0.0518. The molecule has 1 N–H and O–H groups in total. The molecule has 0 spiro atoms. The second kappa shape index (κ2) is 5.85. The van der Waals surface area contributed by atoms with Crippen LogP contribution in [0.15, 0.2) is 46.9 Å². The summed E-state index contributed by atoms with van der Waals surface area (Å²) in [6.45, 7) is 0. The van der Waals surface area contributed by atoms with Crippen molar-refractivity contribution in [3.8, 4) is 5.75 Å². The summed E-state index contributed by atoms with van der Waals surface area (Å²) in [6.07, 6.45) is 0. The number of hydrogen-bond acceptors (Lipinski definition) is 4. The van der Waals surface area contributed by atoms with Gasteiger partial charge in [-0.2, -0.15) is 5.01 Å². The molecule has 7 heteroatoms. The smallest absolute Gasteiger partial charge is 0.280 e. The Balaban J connectivity index is 1.85. The molecule has 116 valence electrons. The summed E-state index contributed by atoms with van der Waals surface area (Å²) in [6, 6.07) is 11.2. The average Bonchev–Trinajstić information content (AvgIpc) is 2.79. The molecule has 0 atom stereocenters. The molecule has 1 heterocycles. The monoisotopic (exact) mass is 374 g/mol. The number of ether oxygens (including phenoxy) is 1. The van der Waals surface area contributed by atoms with Crippen LogP contribution in [0.5, 0.6) is 5.75 Å². The van der Waals surface area contributed by atoms with E-state index < -0.39 is 17.7 Å². The summed E-state index contributed by atoms with van der Waals surface area (Å²) >= 11 is 3.25. The van der Waals surface area contributed by atoms with Gasteiger partial charge in [-0.05, 0) is 36.4 Å². The maximum atomic E-state index is 12.3.